The molecule has 1 rings (SSSR count). The Kier molecular flexibility index (Phi) is 3.88. The third-order valence-electron chi connectivity index (χ3n) is 1.92. The van der Waals surface area contributed by atoms with Gasteiger partial charge in [-0.2, -0.15) is 12.6 Å². The first-order valence-electron chi connectivity index (χ1n) is 4.08. The van der Waals surface area contributed by atoms with Gasteiger partial charge in [0.05, 0.1) is 12.4 Å². The Morgan fingerprint density at radius 3 is 2.85 bits per heavy atom. The van der Waals surface area contributed by atoms with Gasteiger partial charge < -0.3 is 5.11 Å². The Morgan fingerprint density at radius 1 is 1.46 bits per heavy atom. The number of rotatable bonds is 1. The molecule has 0 aliphatic rings. The molecule has 1 aromatic carbocycles. The summed E-state index contributed by atoms with van der Waals surface area (Å²) in [7, 11) is 0. The fourth-order valence-electron chi connectivity index (χ4n) is 1.12. The quantitative estimate of drug-likeness (QED) is 0.513. The topological polar surface area (TPSA) is 20.2 Å². The minimum absolute atomic E-state index is 0.0717. The van der Waals surface area contributed by atoms with Crippen LogP contribution in [0, 0.1) is 18.8 Å². The van der Waals surface area contributed by atoms with Crippen molar-refractivity contribution in [3.63, 3.8) is 0 Å². The highest BCUT2D eigenvalue weighted by molar-refractivity contribution is 7.80. The zero-order chi connectivity index (χ0) is 9.68. The van der Waals surface area contributed by atoms with E-state index in [4.69, 9.17) is 5.11 Å². The number of thiol groups is 1. The van der Waals surface area contributed by atoms with Crippen LogP contribution >= 0.6 is 12.6 Å². The van der Waals surface area contributed by atoms with Gasteiger partial charge in [0.25, 0.3) is 0 Å². The lowest BCUT2D eigenvalue weighted by Crippen LogP contribution is -1.91. The van der Waals surface area contributed by atoms with E-state index in [0.717, 1.165) is 16.7 Å². The molecule has 0 saturated heterocycles. The molecule has 1 nitrogen and oxygen atoms in total. The van der Waals surface area contributed by atoms with Crippen molar-refractivity contribution < 1.29 is 5.11 Å². The molecule has 0 aliphatic heterocycles. The van der Waals surface area contributed by atoms with Gasteiger partial charge in [-0.3, -0.25) is 0 Å². The summed E-state index contributed by atoms with van der Waals surface area (Å²) in [5, 5.41) is 9.01. The van der Waals surface area contributed by atoms with Gasteiger partial charge in [-0.25, -0.2) is 0 Å². The Morgan fingerprint density at radius 2 is 2.23 bits per heavy atom. The number of aliphatic hydroxyl groups is 1. The molecular formula is C11H12OS. The van der Waals surface area contributed by atoms with E-state index < -0.39 is 0 Å². The van der Waals surface area contributed by atoms with Crippen LogP contribution in [-0.4, -0.2) is 10.9 Å². The van der Waals surface area contributed by atoms with Crippen molar-refractivity contribution in [2.75, 3.05) is 5.75 Å². The van der Waals surface area contributed by atoms with Gasteiger partial charge in [0.1, 0.15) is 0 Å². The lowest BCUT2D eigenvalue weighted by Gasteiger charge is -2.03. The van der Waals surface area contributed by atoms with Gasteiger partial charge in [0.15, 0.2) is 0 Å². The molecule has 0 unspecified atom stereocenters. The van der Waals surface area contributed by atoms with Crippen molar-refractivity contribution in [2.24, 2.45) is 0 Å². The van der Waals surface area contributed by atoms with Crippen LogP contribution in [-0.2, 0) is 6.61 Å². The largest absolute Gasteiger partial charge is 0.392 e. The van der Waals surface area contributed by atoms with Crippen LogP contribution in [0.15, 0.2) is 18.2 Å². The van der Waals surface area contributed by atoms with Crippen molar-refractivity contribution >= 4 is 12.6 Å². The fraction of sp³-hybridized carbons (Fsp3) is 0.273. The summed E-state index contributed by atoms with van der Waals surface area (Å²) >= 11 is 4.01. The molecule has 0 bridgehead atoms. The van der Waals surface area contributed by atoms with E-state index in [1.165, 1.54) is 0 Å². The molecule has 0 spiro atoms. The second kappa shape index (κ2) is 4.96. The summed E-state index contributed by atoms with van der Waals surface area (Å²) in [6.45, 7) is 2.04. The van der Waals surface area contributed by atoms with E-state index in [9.17, 15) is 0 Å². The summed E-state index contributed by atoms with van der Waals surface area (Å²) in [5.41, 5.74) is 2.96. The van der Waals surface area contributed by atoms with E-state index in [1.807, 2.05) is 25.1 Å². The van der Waals surface area contributed by atoms with Crippen LogP contribution < -0.4 is 0 Å². The van der Waals surface area contributed by atoms with Crippen LogP contribution in [0.2, 0.25) is 0 Å². The van der Waals surface area contributed by atoms with E-state index >= 15 is 0 Å². The summed E-state index contributed by atoms with van der Waals surface area (Å²) in [6, 6.07) is 5.76. The maximum absolute atomic E-state index is 9.01. The zero-order valence-electron chi connectivity index (χ0n) is 7.54. The van der Waals surface area contributed by atoms with E-state index in [-0.39, 0.29) is 6.61 Å². The standard InChI is InChI=1S/C11H12OS/c1-9-10(6-3-7-13)4-2-5-11(9)8-12/h2,4-5,12-13H,7-8H2,1H3. The molecule has 0 amide bonds. The molecule has 0 fully saturated rings. The highest BCUT2D eigenvalue weighted by Gasteiger charge is 1.99. The Bertz CT molecular complexity index is 347. The van der Waals surface area contributed by atoms with Gasteiger partial charge >= 0.3 is 0 Å². The molecule has 0 saturated carbocycles. The first-order valence-corrected chi connectivity index (χ1v) is 4.72. The number of hydrogen-bond donors (Lipinski definition) is 2. The first kappa shape index (κ1) is 10.2. The summed E-state index contributed by atoms with van der Waals surface area (Å²) in [6.07, 6.45) is 0. The van der Waals surface area contributed by atoms with Crippen molar-refractivity contribution in [1.29, 1.82) is 0 Å². The lowest BCUT2D eigenvalue weighted by atomic mass is 10.0. The van der Waals surface area contributed by atoms with Gasteiger partial charge in [0, 0.05) is 5.56 Å². The SMILES string of the molecule is Cc1c(C#CCS)cccc1CO. The Balaban J connectivity index is 3.08. The van der Waals surface area contributed by atoms with Crippen molar-refractivity contribution in [2.45, 2.75) is 13.5 Å². The smallest absolute Gasteiger partial charge is 0.0684 e. The summed E-state index contributed by atoms with van der Waals surface area (Å²) < 4.78 is 0. The molecule has 0 radical (unpaired) electrons. The third kappa shape index (κ3) is 2.51. The van der Waals surface area contributed by atoms with Gasteiger partial charge in [-0.05, 0) is 24.1 Å². The summed E-state index contributed by atoms with van der Waals surface area (Å²) in [5.74, 6) is 6.45. The fourth-order valence-corrected chi connectivity index (χ4v) is 1.20. The van der Waals surface area contributed by atoms with Crippen LogP contribution in [0.4, 0.5) is 0 Å². The zero-order valence-corrected chi connectivity index (χ0v) is 8.44. The lowest BCUT2D eigenvalue weighted by molar-refractivity contribution is 0.281. The maximum atomic E-state index is 9.01. The monoisotopic (exact) mass is 192 g/mol. The van der Waals surface area contributed by atoms with Crippen LogP contribution in [0.3, 0.4) is 0 Å². The first-order chi connectivity index (χ1) is 6.29. The second-order valence-electron chi connectivity index (χ2n) is 2.71. The average molecular weight is 192 g/mol. The predicted molar refractivity (Wildman–Crippen MR) is 57.8 cm³/mol. The third-order valence-corrected chi connectivity index (χ3v) is 2.08. The molecule has 0 atom stereocenters. The normalized spacial score (nSPS) is 9.15. The number of hydrogen-bond acceptors (Lipinski definition) is 2. The molecular weight excluding hydrogens is 180 g/mol. The average Bonchev–Trinajstić information content (AvgIpc) is 2.16. The minimum Gasteiger partial charge on any atom is -0.392 e. The Hall–Kier alpha value is -0.910. The Labute approximate surface area is 84.2 Å². The minimum atomic E-state index is 0.0717. The number of aliphatic hydroxyl groups excluding tert-OH is 1. The highest BCUT2D eigenvalue weighted by atomic mass is 32.1. The molecule has 0 aliphatic carbocycles. The van der Waals surface area contributed by atoms with Crippen molar-refractivity contribution in [3.05, 3.63) is 34.9 Å². The van der Waals surface area contributed by atoms with Gasteiger partial charge in [-0.1, -0.05) is 24.0 Å². The molecule has 13 heavy (non-hydrogen) atoms. The molecule has 1 aromatic rings. The highest BCUT2D eigenvalue weighted by Crippen LogP contribution is 2.12. The number of benzene rings is 1. The van der Waals surface area contributed by atoms with E-state index in [1.54, 1.807) is 0 Å². The summed E-state index contributed by atoms with van der Waals surface area (Å²) in [4.78, 5) is 0. The van der Waals surface area contributed by atoms with Gasteiger partial charge in [0.2, 0.25) is 0 Å². The molecule has 0 heterocycles. The van der Waals surface area contributed by atoms with Gasteiger partial charge in [-0.15, -0.1) is 0 Å². The van der Waals surface area contributed by atoms with Crippen LogP contribution in [0.1, 0.15) is 16.7 Å². The molecule has 1 N–H and O–H groups in total. The second-order valence-corrected chi connectivity index (χ2v) is 3.02. The van der Waals surface area contributed by atoms with Crippen LogP contribution in [0.5, 0.6) is 0 Å². The van der Waals surface area contributed by atoms with E-state index in [2.05, 4.69) is 24.5 Å². The molecule has 0 aromatic heterocycles. The van der Waals surface area contributed by atoms with E-state index in [0.29, 0.717) is 5.75 Å². The molecule has 68 valence electrons. The predicted octanol–water partition coefficient (Wildman–Crippen LogP) is 1.77. The van der Waals surface area contributed by atoms with Crippen LogP contribution in [0.25, 0.3) is 0 Å². The van der Waals surface area contributed by atoms with Crippen molar-refractivity contribution in [1.82, 2.24) is 0 Å². The maximum Gasteiger partial charge on any atom is 0.0684 e. The van der Waals surface area contributed by atoms with Crippen molar-refractivity contribution in [3.8, 4) is 11.8 Å². The molecule has 2 heteroatoms.